The zero-order chi connectivity index (χ0) is 31.4. The number of rotatable bonds is 8. The molecule has 1 aliphatic heterocycles. The molecule has 7 rings (SSSR count). The molecule has 7 unspecified atom stereocenters. The predicted octanol–water partition coefficient (Wildman–Crippen LogP) is 1.29. The van der Waals surface area contributed by atoms with Gasteiger partial charge in [0.05, 0.1) is 24.4 Å². The Kier molecular flexibility index (Phi) is 7.07. The molecule has 2 N–H and O–H groups in total. The van der Waals surface area contributed by atoms with Gasteiger partial charge < -0.3 is 43.5 Å². The third-order valence-electron chi connectivity index (χ3n) is 12.8. The van der Waals surface area contributed by atoms with Crippen LogP contribution < -0.4 is 0 Å². The van der Waals surface area contributed by atoms with E-state index in [1.54, 1.807) is 45.6 Å². The number of benzene rings is 1. The smallest absolute Gasteiger partial charge is 0.338 e. The summed E-state index contributed by atoms with van der Waals surface area (Å²) in [7, 11) is 8.63. The van der Waals surface area contributed by atoms with Gasteiger partial charge >= 0.3 is 11.9 Å². The molecule has 5 aliphatic carbocycles. The highest BCUT2D eigenvalue weighted by Gasteiger charge is 2.91. The summed E-state index contributed by atoms with van der Waals surface area (Å²) in [5.41, 5.74) is -3.93. The van der Waals surface area contributed by atoms with Crippen molar-refractivity contribution in [3.8, 4) is 0 Å². The second-order valence-corrected chi connectivity index (χ2v) is 14.2. The zero-order valence-corrected chi connectivity index (χ0v) is 26.3. The summed E-state index contributed by atoms with van der Waals surface area (Å²) in [5.74, 6) is -2.96. The number of fused-ring (bicyclic) bond motifs is 2. The topological polar surface area (TPSA) is 133 Å². The standard InChI is InChI=1S/C33H45NO10/c1-17(35)44-33-21-19(14-31(38,28(42-6)26(33)36)27(21)43-29(37)18-10-8-7-9-11-18)32-20(40-4)12-13-30(16-39-3)15-34(2)25(32)22(33)23(41-5)24(30)32/h7-11,19-28,36,38H,12-16H2,1-6H3/t19?,20-,21?,22-,23?,24?,25?,26-,27?,28-,30-,31?,32-,33+/m0/s1. The summed E-state index contributed by atoms with van der Waals surface area (Å²) in [5, 5.41) is 25.1. The fourth-order valence-electron chi connectivity index (χ4n) is 12.3. The van der Waals surface area contributed by atoms with Gasteiger partial charge in [0, 0.05) is 76.5 Å². The Balaban J connectivity index is 1.51. The molecule has 11 heteroatoms. The van der Waals surface area contributed by atoms with Crippen molar-refractivity contribution >= 4 is 11.9 Å². The van der Waals surface area contributed by atoms with Crippen molar-refractivity contribution < 1.29 is 48.2 Å². The molecular weight excluding hydrogens is 570 g/mol. The number of aliphatic hydroxyl groups is 2. The molecule has 242 valence electrons. The van der Waals surface area contributed by atoms with Crippen LogP contribution in [0.3, 0.4) is 0 Å². The first-order chi connectivity index (χ1) is 21.0. The van der Waals surface area contributed by atoms with E-state index in [-0.39, 0.29) is 35.8 Å². The number of carbonyl (C=O) groups is 2. The minimum Gasteiger partial charge on any atom is -0.455 e. The summed E-state index contributed by atoms with van der Waals surface area (Å²) in [6, 6.07) is 8.39. The maximum Gasteiger partial charge on any atom is 0.338 e. The van der Waals surface area contributed by atoms with Crippen molar-refractivity contribution in [2.24, 2.45) is 34.5 Å². The van der Waals surface area contributed by atoms with E-state index in [9.17, 15) is 19.8 Å². The lowest BCUT2D eigenvalue weighted by atomic mass is 9.43. The van der Waals surface area contributed by atoms with E-state index in [1.807, 2.05) is 6.07 Å². The number of likely N-dealkylation sites (tertiary alicyclic amines) is 1. The fourth-order valence-corrected chi connectivity index (χ4v) is 12.3. The lowest BCUT2D eigenvalue weighted by Crippen LogP contribution is -2.80. The molecule has 11 nitrogen and oxygen atoms in total. The molecule has 0 aromatic heterocycles. The predicted molar refractivity (Wildman–Crippen MR) is 154 cm³/mol. The maximum atomic E-state index is 13.7. The third-order valence-corrected chi connectivity index (χ3v) is 12.8. The Bertz CT molecular complexity index is 1310. The van der Waals surface area contributed by atoms with Crippen LogP contribution >= 0.6 is 0 Å². The number of nitrogens with zero attached hydrogens (tertiary/aromatic N) is 1. The van der Waals surface area contributed by atoms with E-state index in [1.165, 1.54) is 14.0 Å². The van der Waals surface area contributed by atoms with Gasteiger partial charge in [-0.1, -0.05) is 18.2 Å². The van der Waals surface area contributed by atoms with Crippen LogP contribution in [0.4, 0.5) is 0 Å². The average molecular weight is 616 g/mol. The van der Waals surface area contributed by atoms with Gasteiger partial charge in [0.2, 0.25) is 0 Å². The van der Waals surface area contributed by atoms with Crippen LogP contribution in [-0.2, 0) is 33.2 Å². The number of hydrogen-bond acceptors (Lipinski definition) is 11. The molecule has 5 saturated carbocycles. The van der Waals surface area contributed by atoms with Crippen molar-refractivity contribution in [1.29, 1.82) is 0 Å². The van der Waals surface area contributed by atoms with E-state index < -0.39 is 64.8 Å². The lowest BCUT2D eigenvalue weighted by Gasteiger charge is -2.69. The van der Waals surface area contributed by atoms with Gasteiger partial charge in [0.1, 0.15) is 23.9 Å². The fraction of sp³-hybridized carbons (Fsp3) is 0.758. The molecule has 1 heterocycles. The number of methoxy groups -OCH3 is 4. The molecule has 6 aliphatic rings. The van der Waals surface area contributed by atoms with Crippen LogP contribution in [0.15, 0.2) is 30.3 Å². The lowest BCUT2D eigenvalue weighted by molar-refractivity contribution is -0.316. The van der Waals surface area contributed by atoms with Crippen molar-refractivity contribution in [3.63, 3.8) is 0 Å². The van der Waals surface area contributed by atoms with Crippen molar-refractivity contribution in [1.82, 2.24) is 4.90 Å². The van der Waals surface area contributed by atoms with Crippen molar-refractivity contribution in [2.45, 2.75) is 73.9 Å². The molecule has 6 fully saturated rings. The minimum absolute atomic E-state index is 0.103. The van der Waals surface area contributed by atoms with Crippen LogP contribution in [0.5, 0.6) is 0 Å². The summed E-state index contributed by atoms with van der Waals surface area (Å²) in [6.07, 6.45) is -2.66. The van der Waals surface area contributed by atoms with Gasteiger partial charge in [-0.25, -0.2) is 4.79 Å². The van der Waals surface area contributed by atoms with E-state index in [4.69, 9.17) is 28.4 Å². The second-order valence-electron chi connectivity index (χ2n) is 14.2. The number of esters is 2. The minimum atomic E-state index is -1.76. The third kappa shape index (κ3) is 3.41. The molecule has 44 heavy (non-hydrogen) atoms. The average Bonchev–Trinajstić information content (AvgIpc) is 3.39. The van der Waals surface area contributed by atoms with E-state index in [2.05, 4.69) is 11.9 Å². The molecule has 1 saturated heterocycles. The van der Waals surface area contributed by atoms with Gasteiger partial charge in [0.25, 0.3) is 0 Å². The van der Waals surface area contributed by atoms with Crippen molar-refractivity contribution in [2.75, 3.05) is 48.6 Å². The van der Waals surface area contributed by atoms with Crippen LogP contribution in [-0.4, -0.2) is 123 Å². The normalized spacial score (nSPS) is 49.9. The van der Waals surface area contributed by atoms with Gasteiger partial charge in [-0.2, -0.15) is 0 Å². The molecule has 7 bridgehead atoms. The molecule has 14 atom stereocenters. The highest BCUT2D eigenvalue weighted by atomic mass is 16.6. The van der Waals surface area contributed by atoms with Gasteiger partial charge in [0.15, 0.2) is 5.60 Å². The molecule has 1 aromatic rings. The van der Waals surface area contributed by atoms with E-state index >= 15 is 0 Å². The molecule has 1 aromatic carbocycles. The second kappa shape index (κ2) is 10.2. The highest BCUT2D eigenvalue weighted by molar-refractivity contribution is 5.89. The number of aliphatic hydroxyl groups excluding tert-OH is 1. The Morgan fingerprint density at radius 3 is 2.36 bits per heavy atom. The molecule has 0 radical (unpaired) electrons. The van der Waals surface area contributed by atoms with Gasteiger partial charge in [-0.3, -0.25) is 4.79 Å². The van der Waals surface area contributed by atoms with Gasteiger partial charge in [-0.15, -0.1) is 0 Å². The molecule has 0 amide bonds. The van der Waals surface area contributed by atoms with Crippen LogP contribution in [0.25, 0.3) is 0 Å². The number of piperidine rings is 1. The SMILES string of the molecule is COC[C@@]12CC[C@H](OC)[C@@]34C5CC6(O)C(OC(=O)c7ccccc7)C5[C@@](OC(C)=O)([C@@H](C(OC)C13)C4N(C)C2)[C@@H](O)[C@@H]6OC. The Morgan fingerprint density at radius 2 is 1.75 bits per heavy atom. The van der Waals surface area contributed by atoms with Crippen LogP contribution in [0, 0.1) is 34.5 Å². The summed E-state index contributed by atoms with van der Waals surface area (Å²) < 4.78 is 37.5. The summed E-state index contributed by atoms with van der Waals surface area (Å²) >= 11 is 0. The molecule has 1 spiro atoms. The first-order valence-corrected chi connectivity index (χ1v) is 15.7. The van der Waals surface area contributed by atoms with E-state index in [0.717, 1.165) is 19.4 Å². The first kappa shape index (κ1) is 30.5. The largest absolute Gasteiger partial charge is 0.455 e. The quantitative estimate of drug-likeness (QED) is 0.410. The Labute approximate surface area is 258 Å². The monoisotopic (exact) mass is 615 g/mol. The zero-order valence-electron chi connectivity index (χ0n) is 26.3. The number of ether oxygens (including phenoxy) is 6. The van der Waals surface area contributed by atoms with E-state index in [0.29, 0.717) is 12.2 Å². The summed E-state index contributed by atoms with van der Waals surface area (Å²) in [6.45, 7) is 2.56. The maximum absolute atomic E-state index is 13.7. The number of hydrogen-bond donors (Lipinski definition) is 2. The van der Waals surface area contributed by atoms with Crippen molar-refractivity contribution in [3.05, 3.63) is 35.9 Å². The summed E-state index contributed by atoms with van der Waals surface area (Å²) in [4.78, 5) is 29.2. The highest BCUT2D eigenvalue weighted by Crippen LogP contribution is 2.80. The van der Waals surface area contributed by atoms with Crippen LogP contribution in [0.1, 0.15) is 36.5 Å². The Hall–Kier alpha value is -2.12. The molecular formula is C33H45NO10. The van der Waals surface area contributed by atoms with Crippen LogP contribution in [0.2, 0.25) is 0 Å². The first-order valence-electron chi connectivity index (χ1n) is 15.7. The Morgan fingerprint density at radius 1 is 1.02 bits per heavy atom. The number of carbonyl (C=O) groups excluding carboxylic acids is 2. The van der Waals surface area contributed by atoms with Gasteiger partial charge in [-0.05, 0) is 44.4 Å².